The van der Waals surface area contributed by atoms with E-state index >= 15 is 0 Å². The van der Waals surface area contributed by atoms with E-state index in [0.29, 0.717) is 0 Å². The third kappa shape index (κ3) is 9.33. The first-order valence-electron chi connectivity index (χ1n) is 24.6. The lowest BCUT2D eigenvalue weighted by Crippen LogP contribution is -2.09. The summed E-state index contributed by atoms with van der Waals surface area (Å²) in [5.74, 6) is 0. The molecule has 0 aliphatic heterocycles. The summed E-state index contributed by atoms with van der Waals surface area (Å²) >= 11 is 0. The molecule has 2 nitrogen and oxygen atoms in total. The summed E-state index contributed by atoms with van der Waals surface area (Å²) in [7, 11) is 0. The molecule has 340 valence electrons. The van der Waals surface area contributed by atoms with Crippen LogP contribution in [0, 0.1) is 0 Å². The van der Waals surface area contributed by atoms with Crippen LogP contribution in [0.15, 0.2) is 291 Å². The van der Waals surface area contributed by atoms with Crippen LogP contribution < -0.4 is 9.80 Å². The molecule has 2 heteroatoms. The molecule has 12 aromatic rings. The molecule has 0 aromatic heterocycles. The van der Waals surface area contributed by atoms with Crippen molar-refractivity contribution < 1.29 is 0 Å². The van der Waals surface area contributed by atoms with Crippen molar-refractivity contribution in [1.82, 2.24) is 0 Å². The van der Waals surface area contributed by atoms with Crippen LogP contribution in [-0.2, 0) is 0 Å². The minimum Gasteiger partial charge on any atom is -0.310 e. The molecule has 0 radical (unpaired) electrons. The lowest BCUT2D eigenvalue weighted by atomic mass is 10.0. The first kappa shape index (κ1) is 43.8. The van der Waals surface area contributed by atoms with Crippen LogP contribution in [0.1, 0.15) is 11.1 Å². The fourth-order valence-electron chi connectivity index (χ4n) is 9.76. The molecule has 0 saturated heterocycles. The van der Waals surface area contributed by atoms with Gasteiger partial charge in [0.25, 0.3) is 0 Å². The molecule has 12 aromatic carbocycles. The summed E-state index contributed by atoms with van der Waals surface area (Å²) in [6.07, 6.45) is 4.38. The molecule has 0 atom stereocenters. The number of anilines is 6. The van der Waals surface area contributed by atoms with Crippen molar-refractivity contribution >= 4 is 67.8 Å². The van der Waals surface area contributed by atoms with Gasteiger partial charge in [-0.25, -0.2) is 0 Å². The molecular weight excluding hydrogens is 869 g/mol. The molecule has 0 fully saturated rings. The summed E-state index contributed by atoms with van der Waals surface area (Å²) in [5, 5.41) is 4.89. The molecular formula is C70H50N2. The van der Waals surface area contributed by atoms with E-state index in [0.717, 1.165) is 45.3 Å². The van der Waals surface area contributed by atoms with Crippen molar-refractivity contribution in [1.29, 1.82) is 0 Å². The lowest BCUT2D eigenvalue weighted by molar-refractivity contribution is 1.29. The maximum Gasteiger partial charge on any atom is 0.0468 e. The van der Waals surface area contributed by atoms with Gasteiger partial charge in [0.15, 0.2) is 0 Å². The first-order chi connectivity index (χ1) is 35.6. The first-order valence-corrected chi connectivity index (χ1v) is 24.6. The molecule has 0 spiro atoms. The second-order valence-electron chi connectivity index (χ2n) is 18.2. The highest BCUT2D eigenvalue weighted by Crippen LogP contribution is 2.40. The predicted molar refractivity (Wildman–Crippen MR) is 308 cm³/mol. The highest BCUT2D eigenvalue weighted by atomic mass is 15.1. The number of fused-ring (bicyclic) bond motifs is 2. The number of nitrogens with zero attached hydrogens (tertiary/aromatic N) is 2. The molecule has 0 N–H and O–H groups in total. The van der Waals surface area contributed by atoms with Crippen molar-refractivity contribution in [3.8, 4) is 44.5 Å². The second-order valence-corrected chi connectivity index (χ2v) is 18.2. The Labute approximate surface area is 422 Å². The van der Waals surface area contributed by atoms with Gasteiger partial charge in [0, 0.05) is 34.1 Å². The van der Waals surface area contributed by atoms with Crippen molar-refractivity contribution in [2.75, 3.05) is 9.80 Å². The van der Waals surface area contributed by atoms with E-state index in [-0.39, 0.29) is 0 Å². The third-order valence-electron chi connectivity index (χ3n) is 13.7. The predicted octanol–water partition coefficient (Wildman–Crippen LogP) is 19.8. The summed E-state index contributed by atoms with van der Waals surface area (Å²) in [5.41, 5.74) is 18.5. The van der Waals surface area contributed by atoms with Crippen molar-refractivity contribution in [3.63, 3.8) is 0 Å². The average molecular weight is 919 g/mol. The standard InChI is InChI=1S/C70H50N2/c1-3-11-53(12-4-1)59-29-39-65(40-30-59)71(69-47-37-55-15-7-9-17-63(55)49-69)67-43-33-61(34-44-67)57-25-21-51(22-26-57)19-20-52-23-27-58(28-24-52)62-35-45-68(46-36-62)72(70-48-38-56-16-8-10-18-64(56)50-70)66-41-31-60(32-42-66)54-13-5-2-6-14-54/h1-50H. The molecule has 0 saturated carbocycles. The summed E-state index contributed by atoms with van der Waals surface area (Å²) in [6, 6.07) is 105. The molecule has 12 rings (SSSR count). The fourth-order valence-corrected chi connectivity index (χ4v) is 9.76. The van der Waals surface area contributed by atoms with Gasteiger partial charge >= 0.3 is 0 Å². The normalized spacial score (nSPS) is 11.3. The Hall–Kier alpha value is -9.50. The minimum atomic E-state index is 1.11. The van der Waals surface area contributed by atoms with Gasteiger partial charge in [0.05, 0.1) is 0 Å². The Morgan fingerprint density at radius 1 is 0.181 bits per heavy atom. The quantitative estimate of drug-likeness (QED) is 0.113. The molecule has 0 heterocycles. The van der Waals surface area contributed by atoms with Crippen LogP contribution in [0.4, 0.5) is 34.1 Å². The Morgan fingerprint density at radius 3 is 0.722 bits per heavy atom. The van der Waals surface area contributed by atoms with Gasteiger partial charge in [-0.3, -0.25) is 0 Å². The number of hydrogen-bond acceptors (Lipinski definition) is 2. The highest BCUT2D eigenvalue weighted by molar-refractivity contribution is 5.91. The zero-order chi connectivity index (χ0) is 48.1. The van der Waals surface area contributed by atoms with Crippen LogP contribution in [0.3, 0.4) is 0 Å². The van der Waals surface area contributed by atoms with Crippen molar-refractivity contribution in [3.05, 3.63) is 302 Å². The van der Waals surface area contributed by atoms with Crippen LogP contribution >= 0.6 is 0 Å². The van der Waals surface area contributed by atoms with Gasteiger partial charge in [0.2, 0.25) is 0 Å². The van der Waals surface area contributed by atoms with Gasteiger partial charge in [-0.15, -0.1) is 0 Å². The molecule has 0 aliphatic rings. The number of benzene rings is 12. The molecule has 0 aliphatic carbocycles. The monoisotopic (exact) mass is 918 g/mol. The Morgan fingerprint density at radius 2 is 0.417 bits per heavy atom. The van der Waals surface area contributed by atoms with E-state index in [9.17, 15) is 0 Å². The van der Waals surface area contributed by atoms with Crippen LogP contribution in [-0.4, -0.2) is 0 Å². The van der Waals surface area contributed by atoms with E-state index in [1.54, 1.807) is 0 Å². The third-order valence-corrected chi connectivity index (χ3v) is 13.7. The SMILES string of the molecule is C(=Cc1ccc(-c2ccc(N(c3ccc(-c4ccccc4)cc3)c3ccc4ccccc4c3)cc2)cc1)c1ccc(-c2ccc(N(c3ccc(-c4ccccc4)cc3)c3ccc4ccccc4c3)cc2)cc1. The molecule has 0 amide bonds. The van der Waals surface area contributed by atoms with E-state index in [4.69, 9.17) is 0 Å². The highest BCUT2D eigenvalue weighted by Gasteiger charge is 2.16. The Balaban J connectivity index is 0.743. The van der Waals surface area contributed by atoms with E-state index in [1.807, 2.05) is 0 Å². The topological polar surface area (TPSA) is 6.48 Å². The van der Waals surface area contributed by atoms with Crippen LogP contribution in [0.25, 0.3) is 78.2 Å². The Bertz CT molecular complexity index is 3530. The summed E-state index contributed by atoms with van der Waals surface area (Å²) < 4.78 is 0. The molecule has 0 bridgehead atoms. The summed E-state index contributed by atoms with van der Waals surface area (Å²) in [6.45, 7) is 0. The van der Waals surface area contributed by atoms with E-state index in [2.05, 4.69) is 313 Å². The van der Waals surface area contributed by atoms with Crippen LogP contribution in [0.5, 0.6) is 0 Å². The average Bonchev–Trinajstić information content (AvgIpc) is 3.46. The maximum absolute atomic E-state index is 2.34. The largest absolute Gasteiger partial charge is 0.310 e. The van der Waals surface area contributed by atoms with Gasteiger partial charge in [-0.2, -0.15) is 0 Å². The van der Waals surface area contributed by atoms with Gasteiger partial charge in [0.1, 0.15) is 0 Å². The van der Waals surface area contributed by atoms with Gasteiger partial charge < -0.3 is 9.80 Å². The number of hydrogen-bond donors (Lipinski definition) is 0. The minimum absolute atomic E-state index is 1.11. The van der Waals surface area contributed by atoms with Crippen LogP contribution in [0.2, 0.25) is 0 Å². The Kier molecular flexibility index (Phi) is 12.1. The van der Waals surface area contributed by atoms with Gasteiger partial charge in [-0.05, 0) is 150 Å². The zero-order valence-electron chi connectivity index (χ0n) is 39.8. The van der Waals surface area contributed by atoms with Gasteiger partial charge in [-0.1, -0.05) is 231 Å². The molecule has 0 unspecified atom stereocenters. The zero-order valence-corrected chi connectivity index (χ0v) is 39.8. The van der Waals surface area contributed by atoms with Crippen molar-refractivity contribution in [2.24, 2.45) is 0 Å². The number of rotatable bonds is 12. The summed E-state index contributed by atoms with van der Waals surface area (Å²) in [4.78, 5) is 4.69. The smallest absolute Gasteiger partial charge is 0.0468 e. The fraction of sp³-hybridized carbons (Fsp3) is 0. The van der Waals surface area contributed by atoms with Crippen molar-refractivity contribution in [2.45, 2.75) is 0 Å². The maximum atomic E-state index is 2.34. The second kappa shape index (κ2) is 19.8. The lowest BCUT2D eigenvalue weighted by Gasteiger charge is -2.26. The van der Waals surface area contributed by atoms with E-state index < -0.39 is 0 Å². The van der Waals surface area contributed by atoms with E-state index in [1.165, 1.54) is 66.1 Å². The molecule has 72 heavy (non-hydrogen) atoms.